The molecule has 3 rings (SSSR count). The van der Waals surface area contributed by atoms with Crippen molar-refractivity contribution in [1.29, 1.82) is 0 Å². The van der Waals surface area contributed by atoms with E-state index in [9.17, 15) is 9.59 Å². The summed E-state index contributed by atoms with van der Waals surface area (Å²) in [5, 5.41) is 3.68. The Hall–Kier alpha value is -1.43. The fourth-order valence-corrected chi connectivity index (χ4v) is 3.68. The number of thiazole rings is 1. The second kappa shape index (κ2) is 5.75. The highest BCUT2D eigenvalue weighted by molar-refractivity contribution is 7.15. The molecule has 1 aromatic heterocycles. The van der Waals surface area contributed by atoms with Gasteiger partial charge in [-0.1, -0.05) is 35.3 Å². The van der Waals surface area contributed by atoms with Crippen molar-refractivity contribution >= 4 is 46.4 Å². The first-order valence-corrected chi connectivity index (χ1v) is 7.82. The number of carbonyl (C=O) groups excluding carboxylic acids is 2. The minimum atomic E-state index is -0.470. The summed E-state index contributed by atoms with van der Waals surface area (Å²) in [5.74, 6) is -1.38. The Kier molecular flexibility index (Phi) is 3.97. The number of rotatable bonds is 2. The number of nitrogens with one attached hydrogen (secondary N) is 1. The average molecular weight is 341 g/mol. The van der Waals surface area contributed by atoms with E-state index in [1.54, 1.807) is 24.3 Å². The minimum absolute atomic E-state index is 0.211. The summed E-state index contributed by atoms with van der Waals surface area (Å²) >= 11 is 13.1. The number of nitrogens with zero attached hydrogens (tertiary/aromatic N) is 1. The third kappa shape index (κ3) is 2.95. The van der Waals surface area contributed by atoms with Crippen LogP contribution in [0.1, 0.15) is 28.8 Å². The van der Waals surface area contributed by atoms with Gasteiger partial charge >= 0.3 is 0 Å². The second-order valence-electron chi connectivity index (χ2n) is 4.75. The van der Waals surface area contributed by atoms with E-state index < -0.39 is 5.92 Å². The number of aromatic nitrogens is 1. The maximum atomic E-state index is 12.3. The van der Waals surface area contributed by atoms with Crippen LogP contribution in [0.4, 0.5) is 0 Å². The fraction of sp³-hybridized carbons (Fsp3) is 0.214. The van der Waals surface area contributed by atoms with Gasteiger partial charge in [0.15, 0.2) is 0 Å². The van der Waals surface area contributed by atoms with Gasteiger partial charge in [0.2, 0.25) is 11.8 Å². The van der Waals surface area contributed by atoms with Crippen LogP contribution in [0.15, 0.2) is 30.5 Å². The Labute approximate surface area is 135 Å². The van der Waals surface area contributed by atoms with Gasteiger partial charge in [-0.05, 0) is 17.7 Å². The molecule has 1 fully saturated rings. The Bertz CT molecular complexity index is 699. The molecule has 1 aromatic carbocycles. The largest absolute Gasteiger partial charge is 0.296 e. The van der Waals surface area contributed by atoms with Crippen molar-refractivity contribution < 1.29 is 9.59 Å². The molecule has 0 aliphatic carbocycles. The van der Waals surface area contributed by atoms with Gasteiger partial charge in [0.05, 0.1) is 17.1 Å². The van der Waals surface area contributed by atoms with E-state index in [1.807, 2.05) is 0 Å². The Morgan fingerprint density at radius 1 is 1.19 bits per heavy atom. The highest BCUT2D eigenvalue weighted by Gasteiger charge is 2.39. The Balaban J connectivity index is 2.02. The molecule has 4 nitrogen and oxygen atoms in total. The number of hydrogen-bond acceptors (Lipinski definition) is 4. The first-order valence-electron chi connectivity index (χ1n) is 6.25. The smallest absolute Gasteiger partial charge is 0.234 e. The summed E-state index contributed by atoms with van der Waals surface area (Å²) < 4.78 is 0.540. The molecular weight excluding hydrogens is 331 g/mol. The molecular formula is C14H10Cl2N2O2S. The molecule has 2 heterocycles. The van der Waals surface area contributed by atoms with Crippen molar-refractivity contribution in [3.63, 3.8) is 0 Å². The topological polar surface area (TPSA) is 59.1 Å². The Morgan fingerprint density at radius 2 is 1.90 bits per heavy atom. The summed E-state index contributed by atoms with van der Waals surface area (Å²) in [7, 11) is 0. The summed E-state index contributed by atoms with van der Waals surface area (Å²) in [6, 6.07) is 7.05. The van der Waals surface area contributed by atoms with Crippen molar-refractivity contribution in [1.82, 2.24) is 10.3 Å². The van der Waals surface area contributed by atoms with Crippen molar-refractivity contribution in [2.45, 2.75) is 18.3 Å². The van der Waals surface area contributed by atoms with Gasteiger partial charge in [-0.3, -0.25) is 14.9 Å². The quantitative estimate of drug-likeness (QED) is 0.852. The SMILES string of the molecule is O=C1CC(c2ncc(Cl)s2)C(c2ccc(Cl)cc2)C(=O)N1. The maximum absolute atomic E-state index is 12.3. The van der Waals surface area contributed by atoms with Gasteiger partial charge in [0, 0.05) is 17.4 Å². The predicted octanol–water partition coefficient (Wildman–Crippen LogP) is 3.36. The van der Waals surface area contributed by atoms with E-state index in [4.69, 9.17) is 23.2 Å². The highest BCUT2D eigenvalue weighted by Crippen LogP contribution is 2.40. The van der Waals surface area contributed by atoms with Gasteiger partial charge in [0.1, 0.15) is 4.34 Å². The molecule has 0 bridgehead atoms. The first-order chi connectivity index (χ1) is 10.0. The molecule has 7 heteroatoms. The van der Waals surface area contributed by atoms with Crippen LogP contribution in [-0.2, 0) is 9.59 Å². The van der Waals surface area contributed by atoms with Gasteiger partial charge in [-0.25, -0.2) is 4.98 Å². The zero-order valence-electron chi connectivity index (χ0n) is 10.7. The molecule has 108 valence electrons. The molecule has 1 N–H and O–H groups in total. The molecule has 1 aliphatic rings. The molecule has 1 saturated heterocycles. The number of piperidine rings is 1. The number of hydrogen-bond donors (Lipinski definition) is 1. The van der Waals surface area contributed by atoms with Crippen LogP contribution < -0.4 is 5.32 Å². The Morgan fingerprint density at radius 3 is 2.52 bits per heavy atom. The number of benzene rings is 1. The van der Waals surface area contributed by atoms with Crippen LogP contribution in [0.3, 0.4) is 0 Å². The summed E-state index contributed by atoms with van der Waals surface area (Å²) in [4.78, 5) is 28.2. The lowest BCUT2D eigenvalue weighted by Gasteiger charge is -2.29. The minimum Gasteiger partial charge on any atom is -0.296 e. The van der Waals surface area contributed by atoms with Crippen LogP contribution in [0.25, 0.3) is 0 Å². The number of amides is 2. The molecule has 21 heavy (non-hydrogen) atoms. The van der Waals surface area contributed by atoms with E-state index >= 15 is 0 Å². The van der Waals surface area contributed by atoms with Crippen molar-refractivity contribution in [2.75, 3.05) is 0 Å². The fourth-order valence-electron chi connectivity index (χ4n) is 2.49. The summed E-state index contributed by atoms with van der Waals surface area (Å²) in [6.07, 6.45) is 1.75. The highest BCUT2D eigenvalue weighted by atomic mass is 35.5. The van der Waals surface area contributed by atoms with Gasteiger partial charge in [-0.2, -0.15) is 0 Å². The van der Waals surface area contributed by atoms with E-state index in [0.717, 1.165) is 5.56 Å². The number of halogens is 2. The molecule has 0 saturated carbocycles. The van der Waals surface area contributed by atoms with E-state index in [2.05, 4.69) is 10.3 Å². The lowest BCUT2D eigenvalue weighted by Crippen LogP contribution is -2.43. The molecule has 2 aromatic rings. The normalized spacial score (nSPS) is 22.2. The van der Waals surface area contributed by atoms with Gasteiger partial charge < -0.3 is 0 Å². The standard InChI is InChI=1S/C14H10Cl2N2O2S/c15-8-3-1-7(2-4-8)12-9(5-11(19)18-13(12)20)14-17-6-10(16)21-14/h1-4,6,9,12H,5H2,(H,18,19,20). The van der Waals surface area contributed by atoms with E-state index in [1.165, 1.54) is 17.5 Å². The van der Waals surface area contributed by atoms with Crippen molar-refractivity contribution in [3.05, 3.63) is 50.4 Å². The van der Waals surface area contributed by atoms with Crippen LogP contribution >= 0.6 is 34.5 Å². The summed E-state index contributed by atoms with van der Waals surface area (Å²) in [6.45, 7) is 0. The van der Waals surface area contributed by atoms with Crippen molar-refractivity contribution in [3.8, 4) is 0 Å². The lowest BCUT2D eigenvalue weighted by molar-refractivity contribution is -0.135. The molecule has 2 unspecified atom stereocenters. The zero-order chi connectivity index (χ0) is 15.0. The number of imide groups is 1. The third-order valence-electron chi connectivity index (χ3n) is 3.39. The molecule has 2 amide bonds. The van der Waals surface area contributed by atoms with Crippen LogP contribution in [0.5, 0.6) is 0 Å². The molecule has 1 aliphatic heterocycles. The average Bonchev–Trinajstić information content (AvgIpc) is 2.86. The predicted molar refractivity (Wildman–Crippen MR) is 81.8 cm³/mol. The maximum Gasteiger partial charge on any atom is 0.234 e. The molecule has 2 atom stereocenters. The lowest BCUT2D eigenvalue weighted by atomic mass is 9.81. The molecule has 0 spiro atoms. The first kappa shape index (κ1) is 14.5. The van der Waals surface area contributed by atoms with Crippen LogP contribution in [0.2, 0.25) is 9.36 Å². The third-order valence-corrected chi connectivity index (χ3v) is 4.89. The van der Waals surface area contributed by atoms with Crippen LogP contribution in [0, 0.1) is 0 Å². The second-order valence-corrected chi connectivity index (χ2v) is 6.88. The summed E-state index contributed by atoms with van der Waals surface area (Å²) in [5.41, 5.74) is 0.806. The van der Waals surface area contributed by atoms with E-state index in [-0.39, 0.29) is 24.2 Å². The van der Waals surface area contributed by atoms with E-state index in [0.29, 0.717) is 14.4 Å². The molecule has 0 radical (unpaired) electrons. The zero-order valence-corrected chi connectivity index (χ0v) is 13.0. The van der Waals surface area contributed by atoms with Gasteiger partial charge in [-0.15, -0.1) is 11.3 Å². The van der Waals surface area contributed by atoms with Crippen LogP contribution in [-0.4, -0.2) is 16.8 Å². The number of carbonyl (C=O) groups is 2. The van der Waals surface area contributed by atoms with Gasteiger partial charge in [0.25, 0.3) is 0 Å². The van der Waals surface area contributed by atoms with Crippen molar-refractivity contribution in [2.24, 2.45) is 0 Å². The monoisotopic (exact) mass is 340 g/mol.